The van der Waals surface area contributed by atoms with Crippen LogP contribution in [0.25, 0.3) is 0 Å². The second-order valence-electron chi connectivity index (χ2n) is 5.38. The first-order valence-corrected chi connectivity index (χ1v) is 7.52. The van der Waals surface area contributed by atoms with Gasteiger partial charge in [0.1, 0.15) is 0 Å². The number of carbonyl (C=O) groups excluding carboxylic acids is 2. The van der Waals surface area contributed by atoms with Crippen molar-refractivity contribution in [1.82, 2.24) is 15.5 Å². The second-order valence-corrected chi connectivity index (χ2v) is 5.38. The number of nitrogens with one attached hydrogen (secondary N) is 2. The fourth-order valence-electron chi connectivity index (χ4n) is 2.61. The smallest absolute Gasteiger partial charge is 0.293 e. The molecule has 2 N–H and O–H groups in total. The van der Waals surface area contributed by atoms with E-state index in [0.717, 1.165) is 32.5 Å². The maximum absolute atomic E-state index is 12.0. The Kier molecular flexibility index (Phi) is 5.95. The lowest BCUT2D eigenvalue weighted by Crippen LogP contribution is -2.44. The lowest BCUT2D eigenvalue weighted by Gasteiger charge is -2.24. The zero-order chi connectivity index (χ0) is 15.1. The number of hydrogen-bond donors (Lipinski definition) is 2. The number of hydrogen-bond acceptors (Lipinski definition) is 5. The molecule has 2 rings (SSSR count). The summed E-state index contributed by atoms with van der Waals surface area (Å²) in [4.78, 5) is 25.8. The van der Waals surface area contributed by atoms with Crippen molar-refractivity contribution >= 4 is 11.8 Å². The summed E-state index contributed by atoms with van der Waals surface area (Å²) >= 11 is 0. The van der Waals surface area contributed by atoms with Crippen LogP contribution >= 0.6 is 0 Å². The number of amides is 2. The molecule has 1 unspecified atom stereocenters. The first-order valence-electron chi connectivity index (χ1n) is 7.52. The van der Waals surface area contributed by atoms with Gasteiger partial charge < -0.3 is 9.73 Å². The maximum atomic E-state index is 12.0. The molecule has 0 bridgehead atoms. The van der Waals surface area contributed by atoms with Crippen molar-refractivity contribution in [3.05, 3.63) is 24.2 Å². The van der Waals surface area contributed by atoms with E-state index < -0.39 is 5.91 Å². The van der Waals surface area contributed by atoms with Gasteiger partial charge in [0.25, 0.3) is 5.91 Å². The van der Waals surface area contributed by atoms with E-state index in [1.54, 1.807) is 6.07 Å². The van der Waals surface area contributed by atoms with Crippen LogP contribution < -0.4 is 10.6 Å². The van der Waals surface area contributed by atoms with Crippen LogP contribution in [-0.2, 0) is 4.79 Å². The highest BCUT2D eigenvalue weighted by atomic mass is 16.3. The van der Waals surface area contributed by atoms with Gasteiger partial charge in [-0.05, 0) is 44.5 Å². The third-order valence-corrected chi connectivity index (χ3v) is 3.55. The molecule has 0 saturated carbocycles. The molecule has 1 fully saturated rings. The van der Waals surface area contributed by atoms with E-state index in [1.807, 2.05) is 0 Å². The van der Waals surface area contributed by atoms with Crippen LogP contribution in [0.4, 0.5) is 0 Å². The highest BCUT2D eigenvalue weighted by Crippen LogP contribution is 2.07. The molecule has 1 aromatic heterocycles. The highest BCUT2D eigenvalue weighted by molar-refractivity contribution is 6.03. The van der Waals surface area contributed by atoms with E-state index in [1.165, 1.54) is 18.8 Å². The van der Waals surface area contributed by atoms with Crippen molar-refractivity contribution < 1.29 is 14.0 Å². The Labute approximate surface area is 124 Å². The second kappa shape index (κ2) is 7.95. The van der Waals surface area contributed by atoms with Crippen molar-refractivity contribution in [3.8, 4) is 0 Å². The monoisotopic (exact) mass is 293 g/mol. The minimum absolute atomic E-state index is 0.155. The quantitative estimate of drug-likeness (QED) is 0.784. The molecule has 0 aromatic carbocycles. The predicted molar refractivity (Wildman–Crippen MR) is 78.9 cm³/mol. The van der Waals surface area contributed by atoms with Gasteiger partial charge in [-0.15, -0.1) is 0 Å². The van der Waals surface area contributed by atoms with Gasteiger partial charge in [-0.1, -0.05) is 6.92 Å². The highest BCUT2D eigenvalue weighted by Gasteiger charge is 2.20. The zero-order valence-corrected chi connectivity index (χ0v) is 12.4. The Morgan fingerprint density at radius 2 is 2.38 bits per heavy atom. The molecule has 21 heavy (non-hydrogen) atoms. The summed E-state index contributed by atoms with van der Waals surface area (Å²) in [7, 11) is 0. The first-order chi connectivity index (χ1) is 10.2. The molecule has 0 radical (unpaired) electrons. The topological polar surface area (TPSA) is 74.6 Å². The van der Waals surface area contributed by atoms with Crippen molar-refractivity contribution in [2.75, 3.05) is 26.2 Å². The third kappa shape index (κ3) is 4.99. The molecule has 0 spiro atoms. The molecule has 2 heterocycles. The van der Waals surface area contributed by atoms with Crippen LogP contribution in [-0.4, -0.2) is 48.9 Å². The summed E-state index contributed by atoms with van der Waals surface area (Å²) in [6.45, 7) is 5.06. The van der Waals surface area contributed by atoms with Gasteiger partial charge >= 0.3 is 0 Å². The standard InChI is InChI=1S/C15H23N3O3/c1-2-8-18(10-12-5-3-7-16-12)11-14(19)17-15(20)13-6-4-9-21-13/h4,6,9,12,16H,2-3,5,7-8,10-11H2,1H3,(H,17,19,20). The van der Waals surface area contributed by atoms with Crippen LogP contribution in [0, 0.1) is 0 Å². The van der Waals surface area contributed by atoms with E-state index in [-0.39, 0.29) is 18.2 Å². The molecule has 1 atom stereocenters. The average molecular weight is 293 g/mol. The number of rotatable bonds is 7. The number of carbonyl (C=O) groups is 2. The fourth-order valence-corrected chi connectivity index (χ4v) is 2.61. The van der Waals surface area contributed by atoms with Gasteiger partial charge in [0.2, 0.25) is 5.91 Å². The van der Waals surface area contributed by atoms with Crippen LogP contribution in [0.1, 0.15) is 36.7 Å². The number of furan rings is 1. The van der Waals surface area contributed by atoms with Crippen molar-refractivity contribution in [3.63, 3.8) is 0 Å². The Morgan fingerprint density at radius 3 is 3.00 bits per heavy atom. The molecule has 1 saturated heterocycles. The number of nitrogens with zero attached hydrogens (tertiary/aromatic N) is 1. The summed E-state index contributed by atoms with van der Waals surface area (Å²) in [6.07, 6.45) is 4.72. The molecular weight excluding hydrogens is 270 g/mol. The molecular formula is C15H23N3O3. The molecule has 1 aliphatic heterocycles. The van der Waals surface area contributed by atoms with Crippen LogP contribution in [0.15, 0.2) is 22.8 Å². The van der Waals surface area contributed by atoms with E-state index in [9.17, 15) is 9.59 Å². The minimum Gasteiger partial charge on any atom is -0.459 e. The summed E-state index contributed by atoms with van der Waals surface area (Å²) in [5.41, 5.74) is 0. The molecule has 6 nitrogen and oxygen atoms in total. The van der Waals surface area contributed by atoms with Crippen molar-refractivity contribution in [2.24, 2.45) is 0 Å². The van der Waals surface area contributed by atoms with E-state index in [2.05, 4.69) is 22.5 Å². The summed E-state index contributed by atoms with van der Waals surface area (Å²) < 4.78 is 4.97. The Balaban J connectivity index is 1.81. The fraction of sp³-hybridized carbons (Fsp3) is 0.600. The molecule has 1 aromatic rings. The predicted octanol–water partition coefficient (Wildman–Crippen LogP) is 1.000. The van der Waals surface area contributed by atoms with Gasteiger partial charge in [-0.3, -0.25) is 19.8 Å². The van der Waals surface area contributed by atoms with Gasteiger partial charge in [0.05, 0.1) is 12.8 Å². The van der Waals surface area contributed by atoms with E-state index in [4.69, 9.17) is 4.42 Å². The number of imide groups is 1. The maximum Gasteiger partial charge on any atom is 0.293 e. The average Bonchev–Trinajstić information content (AvgIpc) is 3.11. The van der Waals surface area contributed by atoms with Gasteiger partial charge in [0.15, 0.2) is 5.76 Å². The minimum atomic E-state index is -0.486. The van der Waals surface area contributed by atoms with E-state index >= 15 is 0 Å². The first kappa shape index (κ1) is 15.7. The lowest BCUT2D eigenvalue weighted by atomic mass is 10.2. The Hall–Kier alpha value is -1.66. The van der Waals surface area contributed by atoms with Crippen molar-refractivity contribution in [2.45, 2.75) is 32.2 Å². The largest absolute Gasteiger partial charge is 0.459 e. The molecule has 6 heteroatoms. The van der Waals surface area contributed by atoms with Gasteiger partial charge in [-0.2, -0.15) is 0 Å². The summed E-state index contributed by atoms with van der Waals surface area (Å²) in [6, 6.07) is 3.61. The van der Waals surface area contributed by atoms with E-state index in [0.29, 0.717) is 6.04 Å². The Bertz CT molecular complexity index is 453. The van der Waals surface area contributed by atoms with Gasteiger partial charge in [0, 0.05) is 12.6 Å². The SMILES string of the molecule is CCCN(CC(=O)NC(=O)c1ccco1)CC1CCCN1. The lowest BCUT2D eigenvalue weighted by molar-refractivity contribution is -0.121. The Morgan fingerprint density at radius 1 is 1.52 bits per heavy atom. The molecule has 0 aliphatic carbocycles. The molecule has 116 valence electrons. The molecule has 2 amide bonds. The molecule has 1 aliphatic rings. The van der Waals surface area contributed by atoms with Crippen LogP contribution in [0.2, 0.25) is 0 Å². The summed E-state index contributed by atoms with van der Waals surface area (Å²) in [5.74, 6) is -0.619. The van der Waals surface area contributed by atoms with Crippen LogP contribution in [0.5, 0.6) is 0 Å². The van der Waals surface area contributed by atoms with Crippen molar-refractivity contribution in [1.29, 1.82) is 0 Å². The normalized spacial score (nSPS) is 18.1. The third-order valence-electron chi connectivity index (χ3n) is 3.55. The van der Waals surface area contributed by atoms with Gasteiger partial charge in [-0.25, -0.2) is 0 Å². The summed E-state index contributed by atoms with van der Waals surface area (Å²) in [5, 5.41) is 5.79. The van der Waals surface area contributed by atoms with Crippen LogP contribution in [0.3, 0.4) is 0 Å². The zero-order valence-electron chi connectivity index (χ0n) is 12.4.